The lowest BCUT2D eigenvalue weighted by Gasteiger charge is -2.43. The molecule has 1 spiro atoms. The van der Waals surface area contributed by atoms with Crippen LogP contribution in [0.4, 0.5) is 4.79 Å². The molecule has 1 aromatic rings. The number of fused-ring (bicyclic) bond motifs is 2. The van der Waals surface area contributed by atoms with Crippen molar-refractivity contribution < 1.29 is 28.0 Å². The average molecular weight is 413 g/mol. The van der Waals surface area contributed by atoms with Gasteiger partial charge in [-0.2, -0.15) is 0 Å². The van der Waals surface area contributed by atoms with Crippen molar-refractivity contribution >= 4 is 24.1 Å². The molecule has 3 rings (SSSR count). The molecule has 1 aromatic heterocycles. The van der Waals surface area contributed by atoms with Crippen molar-refractivity contribution in [2.45, 2.75) is 31.9 Å². The highest BCUT2D eigenvalue weighted by Crippen LogP contribution is 2.38. The molecule has 0 unspecified atom stereocenters. The highest BCUT2D eigenvalue weighted by atomic mass is 32.2. The quantitative estimate of drug-likeness (QED) is 0.530. The molecule has 2 aliphatic rings. The Kier molecular flexibility index (Phi) is 6.14. The molecule has 0 atom stereocenters. The Morgan fingerprint density at radius 1 is 1.29 bits per heavy atom. The Bertz CT molecular complexity index is 818. The molecule has 3 heterocycles. The average Bonchev–Trinajstić information content (AvgIpc) is 2.70. The van der Waals surface area contributed by atoms with Crippen LogP contribution in [0.15, 0.2) is 4.79 Å². The Morgan fingerprint density at radius 3 is 2.61 bits per heavy atom. The topological polar surface area (TPSA) is 109 Å². The summed E-state index contributed by atoms with van der Waals surface area (Å²) in [6.07, 6.45) is 2.09. The zero-order valence-electron chi connectivity index (χ0n) is 16.1. The summed E-state index contributed by atoms with van der Waals surface area (Å²) < 4.78 is 22.7. The zero-order valence-corrected chi connectivity index (χ0v) is 16.9. The number of methoxy groups -OCH3 is 1. The molecule has 11 heteroatoms. The Balaban J connectivity index is 2.04. The second-order valence-corrected chi connectivity index (χ2v) is 6.84. The van der Waals surface area contributed by atoms with E-state index in [0.29, 0.717) is 44.9 Å². The third-order valence-electron chi connectivity index (χ3n) is 4.87. The van der Waals surface area contributed by atoms with Gasteiger partial charge in [0.2, 0.25) is 5.75 Å². The predicted molar refractivity (Wildman–Crippen MR) is 99.4 cm³/mol. The van der Waals surface area contributed by atoms with E-state index in [1.54, 1.807) is 18.1 Å². The van der Waals surface area contributed by atoms with Gasteiger partial charge < -0.3 is 23.3 Å². The van der Waals surface area contributed by atoms with Crippen molar-refractivity contribution in [3.8, 4) is 5.75 Å². The zero-order chi connectivity index (χ0) is 20.3. The summed E-state index contributed by atoms with van der Waals surface area (Å²) in [5.74, 6) is -0.497. The van der Waals surface area contributed by atoms with Gasteiger partial charge in [-0.05, 0) is 6.92 Å². The van der Waals surface area contributed by atoms with Crippen molar-refractivity contribution in [2.75, 3.05) is 39.7 Å². The van der Waals surface area contributed by atoms with Gasteiger partial charge >= 0.3 is 12.1 Å². The van der Waals surface area contributed by atoms with E-state index >= 15 is 0 Å². The molecule has 1 saturated heterocycles. The van der Waals surface area contributed by atoms with E-state index in [1.807, 2.05) is 0 Å². The van der Waals surface area contributed by atoms with Crippen LogP contribution in [0.2, 0.25) is 0 Å². The van der Waals surface area contributed by atoms with Crippen molar-refractivity contribution in [3.63, 3.8) is 0 Å². The van der Waals surface area contributed by atoms with Gasteiger partial charge in [0.1, 0.15) is 11.4 Å². The minimum Gasteiger partial charge on any atom is -0.461 e. The molecule has 2 aliphatic heterocycles. The third-order valence-corrected chi connectivity index (χ3v) is 5.20. The van der Waals surface area contributed by atoms with Crippen molar-refractivity contribution in [2.24, 2.45) is 0 Å². The molecule has 1 fully saturated rings. The Hall–Kier alpha value is -2.27. The molecule has 1 amide bonds. The van der Waals surface area contributed by atoms with Crippen molar-refractivity contribution in [3.05, 3.63) is 21.9 Å². The van der Waals surface area contributed by atoms with Crippen LogP contribution in [0.5, 0.6) is 5.75 Å². The minimum atomic E-state index is -0.860. The van der Waals surface area contributed by atoms with Crippen LogP contribution < -0.4 is 9.74 Å². The fourth-order valence-corrected chi connectivity index (χ4v) is 3.85. The number of carbonyl (C=O) groups excluding carboxylic acids is 2. The molecule has 28 heavy (non-hydrogen) atoms. The van der Waals surface area contributed by atoms with E-state index in [9.17, 15) is 14.4 Å². The van der Waals surface area contributed by atoms with E-state index in [4.69, 9.17) is 18.4 Å². The molecule has 0 aliphatic carbocycles. The van der Waals surface area contributed by atoms with Gasteiger partial charge in [-0.15, -0.1) is 0 Å². The van der Waals surface area contributed by atoms with Crippen LogP contribution in [0.1, 0.15) is 36.1 Å². The number of piperidine rings is 1. The number of nitrogens with zero attached hydrogens (tertiary/aromatic N) is 3. The van der Waals surface area contributed by atoms with Gasteiger partial charge in [0.05, 0.1) is 38.9 Å². The summed E-state index contributed by atoms with van der Waals surface area (Å²) in [5, 5.41) is 0. The second kappa shape index (κ2) is 8.39. The van der Waals surface area contributed by atoms with Gasteiger partial charge in [-0.1, -0.05) is 0 Å². The summed E-state index contributed by atoms with van der Waals surface area (Å²) in [6.45, 7) is 3.22. The smallest absolute Gasteiger partial charge is 0.409 e. The lowest BCUT2D eigenvalue weighted by Crippen LogP contribution is -2.52. The Morgan fingerprint density at radius 2 is 2.00 bits per heavy atom. The summed E-state index contributed by atoms with van der Waals surface area (Å²) >= 11 is 0.952. The molecule has 10 nitrogen and oxygen atoms in total. The first-order chi connectivity index (χ1) is 13.5. The predicted octanol–water partition coefficient (Wildman–Crippen LogP) is 1.16. The molecule has 0 bridgehead atoms. The largest absolute Gasteiger partial charge is 0.461 e. The molecule has 0 N–H and O–H groups in total. The maximum atomic E-state index is 13.0. The van der Waals surface area contributed by atoms with Crippen LogP contribution in [0.25, 0.3) is 0 Å². The summed E-state index contributed by atoms with van der Waals surface area (Å²) in [4.78, 5) is 43.2. The summed E-state index contributed by atoms with van der Waals surface area (Å²) in [6, 6.07) is 0. The summed E-state index contributed by atoms with van der Waals surface area (Å²) in [5.41, 5.74) is -1.46. The molecular weight excluding hydrogens is 390 g/mol. The summed E-state index contributed by atoms with van der Waals surface area (Å²) in [7, 11) is 1.33. The molecule has 0 radical (unpaired) electrons. The van der Waals surface area contributed by atoms with E-state index in [0.717, 1.165) is 12.0 Å². The van der Waals surface area contributed by atoms with Gasteiger partial charge in [0, 0.05) is 32.2 Å². The van der Waals surface area contributed by atoms with Gasteiger partial charge in [-0.3, -0.25) is 9.36 Å². The number of hydrogen-bond acceptors (Lipinski definition) is 9. The molecule has 154 valence electrons. The number of likely N-dealkylation sites (tertiary alicyclic amines) is 1. The maximum absolute atomic E-state index is 13.0. The van der Waals surface area contributed by atoms with Gasteiger partial charge in [-0.25, -0.2) is 14.6 Å². The minimum absolute atomic E-state index is 0.140. The second-order valence-electron chi connectivity index (χ2n) is 6.34. The van der Waals surface area contributed by atoms with Crippen molar-refractivity contribution in [1.82, 2.24) is 14.5 Å². The number of rotatable bonds is 4. The lowest BCUT2D eigenvalue weighted by molar-refractivity contribution is -0.114. The fraction of sp³-hybridized carbons (Fsp3) is 0.647. The Labute approximate surface area is 166 Å². The van der Waals surface area contributed by atoms with Gasteiger partial charge in [0.25, 0.3) is 5.56 Å². The van der Waals surface area contributed by atoms with Crippen LogP contribution in [-0.4, -0.2) is 66.2 Å². The standard InChI is InChI=1S/C17H23N3O7S/c1-4-25-14(22)11-12(27-28-3)13(21)20-9-10-26-17(15(20)18-11)5-7-19(8-6-17)16(23)24-2/h4-10H2,1-3H3. The number of hydrogen-bond donors (Lipinski definition) is 0. The third kappa shape index (κ3) is 3.55. The SMILES string of the molecule is CCOC(=O)c1nc2n(c(=O)c1OSC)CCOC21CCN(C(=O)OC)CC1. The van der Waals surface area contributed by atoms with Crippen LogP contribution in [-0.2, 0) is 26.4 Å². The van der Waals surface area contributed by atoms with Crippen LogP contribution >= 0.6 is 12.0 Å². The fourth-order valence-electron chi connectivity index (χ4n) is 3.53. The van der Waals surface area contributed by atoms with Gasteiger partial charge in [0.15, 0.2) is 5.69 Å². The molecule has 0 saturated carbocycles. The monoisotopic (exact) mass is 413 g/mol. The van der Waals surface area contributed by atoms with E-state index in [2.05, 4.69) is 4.98 Å². The van der Waals surface area contributed by atoms with Crippen molar-refractivity contribution in [1.29, 1.82) is 0 Å². The number of aromatic nitrogens is 2. The number of amides is 1. The number of ether oxygens (including phenoxy) is 3. The van der Waals surface area contributed by atoms with Crippen LogP contribution in [0.3, 0.4) is 0 Å². The normalized spacial score (nSPS) is 17.8. The van der Waals surface area contributed by atoms with E-state index in [1.165, 1.54) is 11.7 Å². The first kappa shape index (κ1) is 20.5. The number of esters is 1. The first-order valence-electron chi connectivity index (χ1n) is 8.97. The maximum Gasteiger partial charge on any atom is 0.409 e. The highest BCUT2D eigenvalue weighted by Gasteiger charge is 2.45. The first-order valence-corrected chi connectivity index (χ1v) is 10.1. The molecule has 0 aromatic carbocycles. The highest BCUT2D eigenvalue weighted by molar-refractivity contribution is 7.94. The molecular formula is C17H23N3O7S. The van der Waals surface area contributed by atoms with E-state index < -0.39 is 23.2 Å². The lowest BCUT2D eigenvalue weighted by atomic mass is 9.89. The van der Waals surface area contributed by atoms with E-state index in [-0.39, 0.29) is 18.1 Å². The number of carbonyl (C=O) groups is 2. The van der Waals surface area contributed by atoms with Crippen LogP contribution in [0, 0.1) is 0 Å².